The quantitative estimate of drug-likeness (QED) is 0.682. The van der Waals surface area contributed by atoms with Gasteiger partial charge in [0.1, 0.15) is 12.2 Å². The van der Waals surface area contributed by atoms with E-state index in [2.05, 4.69) is 29.7 Å². The lowest BCUT2D eigenvalue weighted by atomic mass is 9.97. The third kappa shape index (κ3) is 4.73. The molecule has 0 aromatic carbocycles. The zero-order valence-electron chi connectivity index (χ0n) is 19.0. The van der Waals surface area contributed by atoms with Gasteiger partial charge in [0.15, 0.2) is 17.0 Å². The maximum absolute atomic E-state index is 12.9. The van der Waals surface area contributed by atoms with Gasteiger partial charge in [0.25, 0.3) is 0 Å². The van der Waals surface area contributed by atoms with Crippen LogP contribution in [0.2, 0.25) is 0 Å². The van der Waals surface area contributed by atoms with Crippen LogP contribution >= 0.6 is 0 Å². The number of nitrogens with one attached hydrogen (secondary N) is 1. The van der Waals surface area contributed by atoms with Crippen molar-refractivity contribution in [3.63, 3.8) is 0 Å². The molecule has 0 bridgehead atoms. The number of carbonyl (C=O) groups is 1. The molecule has 9 heteroatoms. The Kier molecular flexibility index (Phi) is 6.83. The van der Waals surface area contributed by atoms with Crippen LogP contribution in [0.5, 0.6) is 0 Å². The number of imidazole rings is 1. The Morgan fingerprint density at radius 1 is 1.09 bits per heavy atom. The van der Waals surface area contributed by atoms with Crippen LogP contribution in [0.4, 0.5) is 5.82 Å². The summed E-state index contributed by atoms with van der Waals surface area (Å²) in [4.78, 5) is 31.6. The Hall–Kier alpha value is -2.26. The summed E-state index contributed by atoms with van der Waals surface area (Å²) >= 11 is 0. The fraction of sp³-hybridized carbons (Fsp3) is 0.739. The normalized spacial score (nSPS) is 22.5. The first-order chi connectivity index (χ1) is 15.8. The van der Waals surface area contributed by atoms with Crippen LogP contribution in [0.15, 0.2) is 6.33 Å². The molecule has 2 fully saturated rings. The molecule has 174 valence electrons. The van der Waals surface area contributed by atoms with Crippen molar-refractivity contribution in [1.82, 2.24) is 29.7 Å². The molecule has 2 aromatic heterocycles. The third-order valence-electron chi connectivity index (χ3n) is 7.02. The van der Waals surface area contributed by atoms with E-state index in [4.69, 9.17) is 9.72 Å². The van der Waals surface area contributed by atoms with Gasteiger partial charge in [0.05, 0.1) is 19.1 Å². The van der Waals surface area contributed by atoms with E-state index in [0.29, 0.717) is 6.54 Å². The summed E-state index contributed by atoms with van der Waals surface area (Å²) in [5.41, 5.74) is 1.84. The van der Waals surface area contributed by atoms with Crippen molar-refractivity contribution < 1.29 is 9.53 Å². The highest BCUT2D eigenvalue weighted by molar-refractivity contribution is 5.85. The summed E-state index contributed by atoms with van der Waals surface area (Å²) < 4.78 is 7.67. The second-order valence-electron chi connectivity index (χ2n) is 9.24. The standard InChI is InChI=1S/C23H35N7O2/c31-23(24-8-5-9-28-12-14-32-15-13-28)18-6-4-10-29(16-18)21-20-22(26-17-25-21)30-11-3-1-2-7-19(30)27-20/h17-18H,1-16H2,(H,24,31). The molecule has 0 spiro atoms. The van der Waals surface area contributed by atoms with Crippen LogP contribution in [0, 0.1) is 5.92 Å². The highest BCUT2D eigenvalue weighted by Gasteiger charge is 2.29. The minimum absolute atomic E-state index is 0.00223. The van der Waals surface area contributed by atoms with E-state index >= 15 is 0 Å². The van der Waals surface area contributed by atoms with Crippen LogP contribution < -0.4 is 10.2 Å². The molecule has 5 heterocycles. The predicted octanol–water partition coefficient (Wildman–Crippen LogP) is 1.61. The molecule has 1 amide bonds. The monoisotopic (exact) mass is 441 g/mol. The van der Waals surface area contributed by atoms with Crippen molar-refractivity contribution in [2.24, 2.45) is 5.92 Å². The van der Waals surface area contributed by atoms with Gasteiger partial charge in [-0.25, -0.2) is 15.0 Å². The molecule has 1 unspecified atom stereocenters. The third-order valence-corrected chi connectivity index (χ3v) is 7.02. The van der Waals surface area contributed by atoms with Crippen LogP contribution in [0.3, 0.4) is 0 Å². The fourth-order valence-electron chi connectivity index (χ4n) is 5.22. The average Bonchev–Trinajstić information content (AvgIpc) is 3.03. The minimum Gasteiger partial charge on any atom is -0.379 e. The van der Waals surface area contributed by atoms with Crippen LogP contribution in [-0.4, -0.2) is 82.8 Å². The van der Waals surface area contributed by atoms with E-state index in [9.17, 15) is 4.79 Å². The Morgan fingerprint density at radius 3 is 2.91 bits per heavy atom. The highest BCUT2D eigenvalue weighted by atomic mass is 16.5. The fourth-order valence-corrected chi connectivity index (χ4v) is 5.22. The van der Waals surface area contributed by atoms with E-state index in [1.807, 2.05) is 0 Å². The number of hydrogen-bond donors (Lipinski definition) is 1. The minimum atomic E-state index is -0.00223. The zero-order valence-corrected chi connectivity index (χ0v) is 19.0. The van der Waals surface area contributed by atoms with Crippen molar-refractivity contribution in [3.8, 4) is 0 Å². The number of aromatic nitrogens is 4. The van der Waals surface area contributed by atoms with Gasteiger partial charge in [-0.3, -0.25) is 9.69 Å². The summed E-state index contributed by atoms with van der Waals surface area (Å²) in [5, 5.41) is 3.17. The number of aryl methyl sites for hydroxylation is 2. The highest BCUT2D eigenvalue weighted by Crippen LogP contribution is 2.29. The smallest absolute Gasteiger partial charge is 0.224 e. The maximum Gasteiger partial charge on any atom is 0.224 e. The van der Waals surface area contributed by atoms with Crippen molar-refractivity contribution in [2.45, 2.75) is 51.5 Å². The molecule has 0 aliphatic carbocycles. The molecule has 3 aliphatic heterocycles. The first kappa shape index (κ1) is 21.6. The summed E-state index contributed by atoms with van der Waals surface area (Å²) in [6, 6.07) is 0. The van der Waals surface area contributed by atoms with Gasteiger partial charge < -0.3 is 19.5 Å². The molecule has 3 aliphatic rings. The predicted molar refractivity (Wildman–Crippen MR) is 123 cm³/mol. The van der Waals surface area contributed by atoms with Gasteiger partial charge in [-0.05, 0) is 38.6 Å². The molecule has 32 heavy (non-hydrogen) atoms. The second kappa shape index (κ2) is 10.1. The number of fused-ring (bicyclic) bond motifs is 3. The van der Waals surface area contributed by atoms with Crippen LogP contribution in [0.25, 0.3) is 11.2 Å². The average molecular weight is 442 g/mol. The molecule has 2 saturated heterocycles. The summed E-state index contributed by atoms with van der Waals surface area (Å²) in [7, 11) is 0. The number of piperidine rings is 1. The number of rotatable bonds is 6. The first-order valence-electron chi connectivity index (χ1n) is 12.3. The summed E-state index contributed by atoms with van der Waals surface area (Å²) in [6.45, 7) is 7.98. The molecule has 9 nitrogen and oxygen atoms in total. The van der Waals surface area contributed by atoms with Gasteiger partial charge >= 0.3 is 0 Å². The number of morpholine rings is 1. The summed E-state index contributed by atoms with van der Waals surface area (Å²) in [6.07, 6.45) is 9.18. The number of hydrogen-bond acceptors (Lipinski definition) is 7. The van der Waals surface area contributed by atoms with Crippen LogP contribution in [0.1, 0.15) is 44.3 Å². The SMILES string of the molecule is O=C(NCCCN1CCOCC1)C1CCCN(c2ncnc3c2nc2n3CCCCC2)C1. The molecule has 0 saturated carbocycles. The lowest BCUT2D eigenvalue weighted by molar-refractivity contribution is -0.125. The van der Waals surface area contributed by atoms with Gasteiger partial charge in [0.2, 0.25) is 5.91 Å². The van der Waals surface area contributed by atoms with E-state index < -0.39 is 0 Å². The van der Waals surface area contributed by atoms with Crippen molar-refractivity contribution >= 4 is 22.9 Å². The van der Waals surface area contributed by atoms with Crippen LogP contribution in [-0.2, 0) is 22.5 Å². The number of anilines is 1. The lowest BCUT2D eigenvalue weighted by Crippen LogP contribution is -2.44. The van der Waals surface area contributed by atoms with Gasteiger partial charge in [-0.15, -0.1) is 0 Å². The van der Waals surface area contributed by atoms with E-state index in [1.54, 1.807) is 6.33 Å². The van der Waals surface area contributed by atoms with E-state index in [-0.39, 0.29) is 11.8 Å². The Bertz CT molecular complexity index is 924. The Balaban J connectivity index is 1.20. The largest absolute Gasteiger partial charge is 0.379 e. The van der Waals surface area contributed by atoms with Crippen molar-refractivity contribution in [2.75, 3.05) is 57.4 Å². The van der Waals surface area contributed by atoms with Gasteiger partial charge in [-0.1, -0.05) is 6.42 Å². The maximum atomic E-state index is 12.9. The van der Waals surface area contributed by atoms with Gasteiger partial charge in [-0.2, -0.15) is 0 Å². The number of nitrogens with zero attached hydrogens (tertiary/aromatic N) is 6. The number of amides is 1. The van der Waals surface area contributed by atoms with E-state index in [1.165, 1.54) is 19.3 Å². The topological polar surface area (TPSA) is 88.4 Å². The second-order valence-corrected chi connectivity index (χ2v) is 9.24. The number of carbonyl (C=O) groups excluding carboxylic acids is 1. The Morgan fingerprint density at radius 2 is 2.00 bits per heavy atom. The molecular formula is C23H35N7O2. The summed E-state index contributed by atoms with van der Waals surface area (Å²) in [5.74, 6) is 2.19. The van der Waals surface area contributed by atoms with E-state index in [0.717, 1.165) is 101 Å². The number of ether oxygens (including phenoxy) is 1. The molecule has 0 radical (unpaired) electrons. The Labute approximate surface area is 189 Å². The van der Waals surface area contributed by atoms with Gasteiger partial charge in [0, 0.05) is 45.7 Å². The lowest BCUT2D eigenvalue weighted by Gasteiger charge is -2.33. The zero-order chi connectivity index (χ0) is 21.8. The molecule has 1 atom stereocenters. The first-order valence-corrected chi connectivity index (χ1v) is 12.3. The molecule has 5 rings (SSSR count). The molecule has 1 N–H and O–H groups in total. The molecule has 2 aromatic rings. The van der Waals surface area contributed by atoms with Crippen molar-refractivity contribution in [1.29, 1.82) is 0 Å². The molecular weight excluding hydrogens is 406 g/mol. The van der Waals surface area contributed by atoms with Crippen molar-refractivity contribution in [3.05, 3.63) is 12.2 Å².